The van der Waals surface area contributed by atoms with Gasteiger partial charge < -0.3 is 25.0 Å². The number of nitrogens with one attached hydrogen (secondary N) is 2. The monoisotopic (exact) mass is 783 g/mol. The van der Waals surface area contributed by atoms with E-state index in [0.717, 1.165) is 48.8 Å². The number of hydrogen-bond donors (Lipinski definition) is 3. The number of phenols is 1. The molecule has 3 fully saturated rings. The third-order valence-electron chi connectivity index (χ3n) is 12.0. The fraction of sp³-hybridized carbons (Fsp3) is 0.425. The maximum atomic E-state index is 14.9. The molecule has 0 radical (unpaired) electrons. The Labute approximate surface area is 325 Å². The lowest BCUT2D eigenvalue weighted by atomic mass is 9.88. The number of phenolic OH excluding ortho intramolecular Hbond substituents is 1. The summed E-state index contributed by atoms with van der Waals surface area (Å²) in [6.07, 6.45) is 0.568. The van der Waals surface area contributed by atoms with Gasteiger partial charge in [-0.25, -0.2) is 23.1 Å². The van der Waals surface area contributed by atoms with Gasteiger partial charge in [0.1, 0.15) is 17.7 Å². The van der Waals surface area contributed by atoms with E-state index in [4.69, 9.17) is 9.72 Å². The number of piperidine rings is 2. The van der Waals surface area contributed by atoms with Crippen molar-refractivity contribution in [1.82, 2.24) is 35.3 Å². The molecule has 7 heterocycles. The van der Waals surface area contributed by atoms with Gasteiger partial charge in [-0.15, -0.1) is 10.2 Å². The molecule has 0 aliphatic carbocycles. The summed E-state index contributed by atoms with van der Waals surface area (Å²) in [5, 5.41) is 23.9. The van der Waals surface area contributed by atoms with Crippen LogP contribution in [0.1, 0.15) is 70.9 Å². The smallest absolute Gasteiger partial charge is 0.263 e. The number of halogens is 3. The van der Waals surface area contributed by atoms with Crippen molar-refractivity contribution in [2.45, 2.75) is 82.1 Å². The number of amides is 3. The van der Waals surface area contributed by atoms with Crippen molar-refractivity contribution in [2.24, 2.45) is 0 Å². The Morgan fingerprint density at radius 3 is 2.65 bits per heavy atom. The number of para-hydroxylation sites is 1. The Hall–Kier alpha value is -5.84. The van der Waals surface area contributed by atoms with E-state index in [1.54, 1.807) is 22.9 Å². The second kappa shape index (κ2) is 14.3. The normalized spacial score (nSPS) is 23.6. The molecule has 2 aromatic heterocycles. The number of carbonyl (C=O) groups excluding carboxylic acids is 3. The lowest BCUT2D eigenvalue weighted by Crippen LogP contribution is -2.57. The van der Waals surface area contributed by atoms with Gasteiger partial charge in [0.15, 0.2) is 17.4 Å². The molecule has 0 spiro atoms. The van der Waals surface area contributed by atoms with Gasteiger partial charge in [0, 0.05) is 43.6 Å². The minimum Gasteiger partial charge on any atom is -0.504 e. The molecule has 296 valence electrons. The van der Waals surface area contributed by atoms with E-state index in [-0.39, 0.29) is 60.8 Å². The Balaban J connectivity index is 0.828. The van der Waals surface area contributed by atoms with Crippen LogP contribution in [-0.2, 0) is 22.7 Å². The highest BCUT2D eigenvalue weighted by atomic mass is 19.3. The number of carbonyl (C=O) groups is 3. The molecule has 17 heteroatoms. The van der Waals surface area contributed by atoms with Crippen LogP contribution in [0, 0.1) is 12.7 Å². The van der Waals surface area contributed by atoms with E-state index in [1.807, 2.05) is 12.1 Å². The van der Waals surface area contributed by atoms with E-state index in [9.17, 15) is 32.7 Å². The summed E-state index contributed by atoms with van der Waals surface area (Å²) < 4.78 is 50.2. The van der Waals surface area contributed by atoms with Crippen LogP contribution in [-0.4, -0.2) is 103 Å². The van der Waals surface area contributed by atoms with Crippen LogP contribution in [0.15, 0.2) is 48.7 Å². The number of ether oxygens (including phenoxy) is 1. The van der Waals surface area contributed by atoms with E-state index in [1.165, 1.54) is 18.2 Å². The van der Waals surface area contributed by atoms with Crippen LogP contribution >= 0.6 is 0 Å². The topological polar surface area (TPSA) is 166 Å². The summed E-state index contributed by atoms with van der Waals surface area (Å²) >= 11 is 0. The first-order valence-corrected chi connectivity index (χ1v) is 19.1. The number of fused-ring (bicyclic) bond motifs is 4. The second-order valence-corrected chi connectivity index (χ2v) is 15.5. The molecule has 0 bridgehead atoms. The summed E-state index contributed by atoms with van der Waals surface area (Å²) in [6.45, 7) is 4.34. The number of nitrogens with zero attached hydrogens (tertiary/aromatic N) is 7. The molecule has 3 amide bonds. The summed E-state index contributed by atoms with van der Waals surface area (Å²) in [6, 6.07) is 10.9. The Bertz CT molecular complexity index is 2290. The summed E-state index contributed by atoms with van der Waals surface area (Å²) in [4.78, 5) is 52.2. The maximum absolute atomic E-state index is 14.9. The highest BCUT2D eigenvalue weighted by Crippen LogP contribution is 2.46. The van der Waals surface area contributed by atoms with Crippen LogP contribution in [0.5, 0.6) is 11.6 Å². The molecule has 4 aromatic rings. The zero-order valence-corrected chi connectivity index (χ0v) is 31.1. The van der Waals surface area contributed by atoms with Gasteiger partial charge in [-0.3, -0.25) is 24.6 Å². The molecular weight excluding hydrogens is 743 g/mol. The number of aromatic hydroxyl groups is 1. The van der Waals surface area contributed by atoms with Crippen molar-refractivity contribution in [1.29, 1.82) is 0 Å². The van der Waals surface area contributed by atoms with Gasteiger partial charge in [-0.05, 0) is 80.6 Å². The van der Waals surface area contributed by atoms with Gasteiger partial charge in [0.05, 0.1) is 35.5 Å². The van der Waals surface area contributed by atoms with E-state index >= 15 is 0 Å². The number of aromatic nitrogens is 4. The largest absolute Gasteiger partial charge is 0.504 e. The van der Waals surface area contributed by atoms with Crippen LogP contribution in [0.3, 0.4) is 0 Å². The molecular formula is C40H40F3N9O5. The zero-order valence-electron chi connectivity index (χ0n) is 31.1. The predicted molar refractivity (Wildman–Crippen MR) is 199 cm³/mol. The van der Waals surface area contributed by atoms with Crippen molar-refractivity contribution in [3.8, 4) is 22.9 Å². The number of alkyl halides is 2. The van der Waals surface area contributed by atoms with E-state index in [0.29, 0.717) is 42.3 Å². The number of imide groups is 1. The van der Waals surface area contributed by atoms with Crippen LogP contribution in [0.25, 0.3) is 11.3 Å². The average molecular weight is 784 g/mol. The van der Waals surface area contributed by atoms with Crippen LogP contribution in [0.4, 0.5) is 24.7 Å². The van der Waals surface area contributed by atoms with Gasteiger partial charge in [-0.1, -0.05) is 18.2 Å². The third-order valence-corrected chi connectivity index (χ3v) is 12.0. The highest BCUT2D eigenvalue weighted by molar-refractivity contribution is 6.05. The number of rotatable bonds is 8. The molecule has 3 atom stereocenters. The molecule has 5 aliphatic heterocycles. The first-order chi connectivity index (χ1) is 27.5. The van der Waals surface area contributed by atoms with E-state index < -0.39 is 41.6 Å². The first-order valence-electron chi connectivity index (χ1n) is 19.1. The zero-order chi connectivity index (χ0) is 39.6. The number of hydrogen-bond acceptors (Lipinski definition) is 12. The fourth-order valence-corrected chi connectivity index (χ4v) is 8.98. The third kappa shape index (κ3) is 6.56. The van der Waals surface area contributed by atoms with Crippen molar-refractivity contribution >= 4 is 29.2 Å². The van der Waals surface area contributed by atoms with Crippen LogP contribution in [0.2, 0.25) is 0 Å². The molecule has 0 unspecified atom stereocenters. The second-order valence-electron chi connectivity index (χ2n) is 15.5. The molecule has 5 aliphatic rings. The fourth-order valence-electron chi connectivity index (χ4n) is 8.98. The number of benzene rings is 2. The average Bonchev–Trinajstić information content (AvgIpc) is 3.75. The summed E-state index contributed by atoms with van der Waals surface area (Å²) in [5.41, 5.74) is 2.89. The molecule has 3 N–H and O–H groups in total. The Kier molecular flexibility index (Phi) is 9.21. The van der Waals surface area contributed by atoms with Crippen LogP contribution < -0.4 is 20.3 Å². The molecule has 57 heavy (non-hydrogen) atoms. The molecule has 9 rings (SSSR count). The Morgan fingerprint density at radius 2 is 1.88 bits per heavy atom. The quantitative estimate of drug-likeness (QED) is 0.217. The minimum atomic E-state index is -2.75. The van der Waals surface area contributed by atoms with Gasteiger partial charge in [0.2, 0.25) is 17.7 Å². The maximum Gasteiger partial charge on any atom is 0.263 e. The van der Waals surface area contributed by atoms with Crippen molar-refractivity contribution in [3.05, 3.63) is 82.6 Å². The first kappa shape index (κ1) is 36.8. The van der Waals surface area contributed by atoms with E-state index in [2.05, 4.69) is 36.8 Å². The molecule has 2 aromatic carbocycles. The lowest BCUT2D eigenvalue weighted by molar-refractivity contribution is -0.136. The Morgan fingerprint density at radius 1 is 1.05 bits per heavy atom. The van der Waals surface area contributed by atoms with Crippen molar-refractivity contribution < 1.29 is 37.4 Å². The number of likely N-dealkylation sites (tertiary alicyclic amines) is 1. The molecule has 14 nitrogen and oxygen atoms in total. The predicted octanol–water partition coefficient (Wildman–Crippen LogP) is 4.31. The van der Waals surface area contributed by atoms with Gasteiger partial charge in [-0.2, -0.15) is 0 Å². The highest BCUT2D eigenvalue weighted by Gasteiger charge is 2.56. The standard InChI is InChI=1S/C40H40F3N9O5/c1-21-37(57-26-15-40(39(42)43)20-45-35-32(52(40)19-26)14-30(48-49-35)27-3-2-4-29(41)34(27)54)44-16-25(46-21)18-50-11-9-22(10-12-50)23-5-6-24-17-51(38(56)28(24)13-23)31-7-8-33(53)47-36(31)55/h2-6,13-14,16,22,26,31,39,54H,7-12,15,17-20H2,1H3,(H,45,49)(H,47,53,55)/t26-,31+,40+/m1/s1. The number of anilines is 2. The molecule has 3 saturated heterocycles. The van der Waals surface area contributed by atoms with Gasteiger partial charge in [0.25, 0.3) is 12.3 Å². The number of aryl methyl sites for hydroxylation is 1. The SMILES string of the molecule is Cc1nc(CN2CCC(c3ccc4c(c3)C(=O)N([C@H]3CCC(=O)NC3=O)C4)CC2)cnc1O[C@H]1CN2c3cc(-c4cccc(F)c4O)nnc3NC[C@]2(C(F)F)C1. The van der Waals surface area contributed by atoms with Gasteiger partial charge >= 0.3 is 0 Å². The molecule has 0 saturated carbocycles. The lowest BCUT2D eigenvalue weighted by Gasteiger charge is -2.43. The van der Waals surface area contributed by atoms with Crippen molar-refractivity contribution in [3.63, 3.8) is 0 Å². The van der Waals surface area contributed by atoms with Crippen molar-refractivity contribution in [2.75, 3.05) is 36.4 Å². The minimum absolute atomic E-state index is 0.00569. The summed E-state index contributed by atoms with van der Waals surface area (Å²) in [7, 11) is 0. The summed E-state index contributed by atoms with van der Waals surface area (Å²) in [5.74, 6) is -1.50.